The van der Waals surface area contributed by atoms with Crippen molar-refractivity contribution in [3.63, 3.8) is 0 Å². The summed E-state index contributed by atoms with van der Waals surface area (Å²) in [5.41, 5.74) is 3.72. The third-order valence-corrected chi connectivity index (χ3v) is 6.58. The van der Waals surface area contributed by atoms with Crippen molar-refractivity contribution < 1.29 is 28.6 Å². The Hall–Kier alpha value is -3.37. The molecule has 36 heavy (non-hydrogen) atoms. The topological polar surface area (TPSA) is 92.1 Å². The minimum atomic E-state index is -0.460. The standard InChI is InChI=1S/C26H33N3O6S/c1-7-12-29(34-6)25(30)19-15-21(20-16-36-24(27-20)26(31)35-8-2)28(17(19)3)13-11-18-9-10-22(32-4)23(14-18)33-5/h9-10,14-16H,7-8,11-13H2,1-6H3. The van der Waals surface area contributed by atoms with Crippen molar-refractivity contribution >= 4 is 23.2 Å². The quantitative estimate of drug-likeness (QED) is 0.253. The highest BCUT2D eigenvalue weighted by atomic mass is 32.1. The summed E-state index contributed by atoms with van der Waals surface area (Å²) in [5.74, 6) is 0.642. The number of nitrogens with zero attached hydrogens (tertiary/aromatic N) is 3. The zero-order valence-electron chi connectivity index (χ0n) is 21.6. The van der Waals surface area contributed by atoms with Crippen LogP contribution in [0, 0.1) is 6.92 Å². The first-order chi connectivity index (χ1) is 17.4. The van der Waals surface area contributed by atoms with Crippen LogP contribution in [0.4, 0.5) is 0 Å². The number of benzene rings is 1. The summed E-state index contributed by atoms with van der Waals surface area (Å²) < 4.78 is 17.9. The smallest absolute Gasteiger partial charge is 0.367 e. The number of amides is 1. The third kappa shape index (κ3) is 5.88. The molecule has 0 aliphatic carbocycles. The van der Waals surface area contributed by atoms with E-state index in [9.17, 15) is 9.59 Å². The predicted molar refractivity (Wildman–Crippen MR) is 138 cm³/mol. The number of aromatic nitrogens is 2. The van der Waals surface area contributed by atoms with Crippen LogP contribution in [0.25, 0.3) is 11.4 Å². The van der Waals surface area contributed by atoms with E-state index in [2.05, 4.69) is 4.98 Å². The molecule has 0 N–H and O–H groups in total. The number of ether oxygens (including phenoxy) is 3. The highest BCUT2D eigenvalue weighted by Gasteiger charge is 2.25. The Kier molecular flexibility index (Phi) is 9.49. The SMILES string of the molecule is CCCN(OC)C(=O)c1cc(-c2csc(C(=O)OCC)n2)n(CCc2ccc(OC)c(OC)c2)c1C. The molecule has 2 heterocycles. The van der Waals surface area contributed by atoms with Gasteiger partial charge in [-0.15, -0.1) is 11.3 Å². The molecule has 1 amide bonds. The number of aryl methyl sites for hydroxylation is 1. The number of carbonyl (C=O) groups excluding carboxylic acids is 2. The van der Waals surface area contributed by atoms with Crippen LogP contribution in [0.1, 0.15) is 51.7 Å². The summed E-state index contributed by atoms with van der Waals surface area (Å²) in [5, 5.41) is 3.44. The van der Waals surface area contributed by atoms with Crippen molar-refractivity contribution in [2.24, 2.45) is 0 Å². The maximum atomic E-state index is 13.3. The van der Waals surface area contributed by atoms with Gasteiger partial charge in [-0.1, -0.05) is 13.0 Å². The van der Waals surface area contributed by atoms with Gasteiger partial charge in [-0.3, -0.25) is 9.63 Å². The number of rotatable bonds is 12. The van der Waals surface area contributed by atoms with Gasteiger partial charge in [0.2, 0.25) is 5.01 Å². The van der Waals surface area contributed by atoms with Gasteiger partial charge in [0.1, 0.15) is 0 Å². The van der Waals surface area contributed by atoms with Crippen LogP contribution in [-0.4, -0.2) is 61.0 Å². The number of carbonyl (C=O) groups is 2. The summed E-state index contributed by atoms with van der Waals surface area (Å²) in [6.45, 7) is 6.98. The van der Waals surface area contributed by atoms with Gasteiger partial charge in [0.05, 0.1) is 44.9 Å². The van der Waals surface area contributed by atoms with E-state index in [4.69, 9.17) is 19.0 Å². The molecule has 0 saturated heterocycles. The second-order valence-corrected chi connectivity index (χ2v) is 8.83. The molecule has 10 heteroatoms. The van der Waals surface area contributed by atoms with Crippen molar-refractivity contribution in [3.8, 4) is 22.9 Å². The van der Waals surface area contributed by atoms with Crippen LogP contribution in [-0.2, 0) is 22.5 Å². The van der Waals surface area contributed by atoms with E-state index in [1.165, 1.54) is 23.5 Å². The second kappa shape index (κ2) is 12.5. The van der Waals surface area contributed by atoms with Gasteiger partial charge in [-0.25, -0.2) is 14.8 Å². The molecule has 0 aliphatic rings. The van der Waals surface area contributed by atoms with Gasteiger partial charge >= 0.3 is 5.97 Å². The van der Waals surface area contributed by atoms with Gasteiger partial charge in [0.15, 0.2) is 11.5 Å². The summed E-state index contributed by atoms with van der Waals surface area (Å²) in [4.78, 5) is 35.3. The fraction of sp³-hybridized carbons (Fsp3) is 0.423. The third-order valence-electron chi connectivity index (χ3n) is 5.76. The maximum absolute atomic E-state index is 13.3. The zero-order chi connectivity index (χ0) is 26.2. The molecule has 0 spiro atoms. The number of methoxy groups -OCH3 is 2. The molecular formula is C26H33N3O6S. The Morgan fingerprint density at radius 1 is 1.08 bits per heavy atom. The summed E-state index contributed by atoms with van der Waals surface area (Å²) in [6, 6.07) is 7.62. The molecule has 3 rings (SSSR count). The lowest BCUT2D eigenvalue weighted by Crippen LogP contribution is -2.31. The highest BCUT2D eigenvalue weighted by molar-refractivity contribution is 7.11. The van der Waals surface area contributed by atoms with E-state index in [1.807, 2.05) is 48.1 Å². The Morgan fingerprint density at radius 2 is 1.83 bits per heavy atom. The van der Waals surface area contributed by atoms with E-state index in [-0.39, 0.29) is 17.5 Å². The lowest BCUT2D eigenvalue weighted by atomic mass is 10.1. The lowest BCUT2D eigenvalue weighted by molar-refractivity contribution is -0.0948. The molecule has 0 saturated carbocycles. The first-order valence-corrected chi connectivity index (χ1v) is 12.7. The fourth-order valence-corrected chi connectivity index (χ4v) is 4.63. The van der Waals surface area contributed by atoms with E-state index in [0.717, 1.165) is 23.4 Å². The largest absolute Gasteiger partial charge is 0.493 e. The summed E-state index contributed by atoms with van der Waals surface area (Å²) in [7, 11) is 4.70. The van der Waals surface area contributed by atoms with Gasteiger partial charge in [-0.2, -0.15) is 0 Å². The fourth-order valence-electron chi connectivity index (χ4n) is 3.93. The molecule has 9 nitrogen and oxygen atoms in total. The summed E-state index contributed by atoms with van der Waals surface area (Å²) in [6.07, 6.45) is 1.44. The van der Waals surface area contributed by atoms with Gasteiger partial charge in [-0.05, 0) is 50.5 Å². The number of hydrogen-bond acceptors (Lipinski definition) is 8. The Labute approximate surface area is 215 Å². The van der Waals surface area contributed by atoms with Crippen molar-refractivity contribution in [3.05, 3.63) is 51.5 Å². The number of esters is 1. The van der Waals surface area contributed by atoms with Gasteiger partial charge in [0.25, 0.3) is 5.91 Å². The molecule has 1 aromatic carbocycles. The van der Waals surface area contributed by atoms with Gasteiger partial charge in [0, 0.05) is 24.2 Å². The van der Waals surface area contributed by atoms with Crippen molar-refractivity contribution in [2.45, 2.75) is 40.2 Å². The average Bonchev–Trinajstić information content (AvgIpc) is 3.50. The Morgan fingerprint density at radius 3 is 2.47 bits per heavy atom. The van der Waals surface area contributed by atoms with Crippen LogP contribution in [0.5, 0.6) is 11.5 Å². The maximum Gasteiger partial charge on any atom is 0.367 e. The molecule has 194 valence electrons. The lowest BCUT2D eigenvalue weighted by Gasteiger charge is -2.19. The normalized spacial score (nSPS) is 10.8. The zero-order valence-corrected chi connectivity index (χ0v) is 22.4. The van der Waals surface area contributed by atoms with Crippen molar-refractivity contribution in [2.75, 3.05) is 34.5 Å². The first-order valence-electron chi connectivity index (χ1n) is 11.8. The Balaban J connectivity index is 2.00. The Bertz CT molecular complexity index is 1200. The molecule has 0 aliphatic heterocycles. The molecule has 0 atom stereocenters. The highest BCUT2D eigenvalue weighted by Crippen LogP contribution is 2.31. The molecule has 0 bridgehead atoms. The number of hydroxylamine groups is 2. The van der Waals surface area contributed by atoms with Crippen LogP contribution in [0.15, 0.2) is 29.6 Å². The predicted octanol–water partition coefficient (Wildman–Crippen LogP) is 4.77. The van der Waals surface area contributed by atoms with Crippen LogP contribution >= 0.6 is 11.3 Å². The van der Waals surface area contributed by atoms with Crippen LogP contribution in [0.2, 0.25) is 0 Å². The summed E-state index contributed by atoms with van der Waals surface area (Å²) >= 11 is 1.22. The number of hydrogen-bond donors (Lipinski definition) is 0. The molecule has 0 radical (unpaired) electrons. The minimum Gasteiger partial charge on any atom is -0.493 e. The van der Waals surface area contributed by atoms with Crippen molar-refractivity contribution in [1.29, 1.82) is 0 Å². The molecule has 3 aromatic rings. The molecular weight excluding hydrogens is 482 g/mol. The second-order valence-electron chi connectivity index (χ2n) is 7.97. The first kappa shape index (κ1) is 27.2. The van der Waals surface area contributed by atoms with Gasteiger partial charge < -0.3 is 18.8 Å². The average molecular weight is 516 g/mol. The van der Waals surface area contributed by atoms with E-state index >= 15 is 0 Å². The van der Waals surface area contributed by atoms with E-state index in [0.29, 0.717) is 42.3 Å². The monoisotopic (exact) mass is 515 g/mol. The van der Waals surface area contributed by atoms with Crippen LogP contribution < -0.4 is 9.47 Å². The van der Waals surface area contributed by atoms with E-state index in [1.54, 1.807) is 21.1 Å². The molecule has 2 aromatic heterocycles. The van der Waals surface area contributed by atoms with Crippen molar-refractivity contribution in [1.82, 2.24) is 14.6 Å². The molecule has 0 unspecified atom stereocenters. The van der Waals surface area contributed by atoms with E-state index < -0.39 is 5.97 Å². The van der Waals surface area contributed by atoms with Crippen LogP contribution in [0.3, 0.4) is 0 Å². The molecule has 0 fully saturated rings. The number of thiazole rings is 1. The minimum absolute atomic E-state index is 0.219.